The summed E-state index contributed by atoms with van der Waals surface area (Å²) in [6.07, 6.45) is -0.939. The number of amides is 2. The van der Waals surface area contributed by atoms with Crippen LogP contribution in [0.5, 0.6) is 5.75 Å². The minimum Gasteiger partial charge on any atom is -0.488 e. The predicted molar refractivity (Wildman–Crippen MR) is 140 cm³/mol. The third-order valence-corrected chi connectivity index (χ3v) is 6.37. The van der Waals surface area contributed by atoms with Gasteiger partial charge in [-0.3, -0.25) is 4.90 Å². The van der Waals surface area contributed by atoms with Crippen LogP contribution in [0.2, 0.25) is 0 Å². The molecule has 2 aromatic rings. The van der Waals surface area contributed by atoms with Crippen LogP contribution in [0.15, 0.2) is 42.5 Å². The van der Waals surface area contributed by atoms with Gasteiger partial charge in [0.1, 0.15) is 24.6 Å². The van der Waals surface area contributed by atoms with Crippen LogP contribution in [0, 0.1) is 11.6 Å². The maximum Gasteiger partial charge on any atom is 0.410 e. The number of ether oxygens (including phenoxy) is 4. The summed E-state index contributed by atoms with van der Waals surface area (Å²) < 4.78 is 51.5. The van der Waals surface area contributed by atoms with E-state index in [9.17, 15) is 18.4 Å². The van der Waals surface area contributed by atoms with Gasteiger partial charge in [0.05, 0.1) is 24.9 Å². The SMILES string of the molecule is CC(C)(C)OC(=O)N1CCOCC1COc1cc(N2CCN(C(=O)OCc3ccccc3)CC2)c(F)cc1F. The lowest BCUT2D eigenvalue weighted by atomic mass is 10.2. The summed E-state index contributed by atoms with van der Waals surface area (Å²) in [5, 5.41) is 0. The molecule has 2 aromatic carbocycles. The van der Waals surface area contributed by atoms with Gasteiger partial charge in [-0.15, -0.1) is 0 Å². The summed E-state index contributed by atoms with van der Waals surface area (Å²) in [5.74, 6) is -1.71. The molecule has 0 aromatic heterocycles. The molecule has 1 atom stereocenters. The van der Waals surface area contributed by atoms with Crippen LogP contribution < -0.4 is 9.64 Å². The van der Waals surface area contributed by atoms with Crippen LogP contribution in [0.3, 0.4) is 0 Å². The van der Waals surface area contributed by atoms with E-state index in [0.29, 0.717) is 39.3 Å². The quantitative estimate of drug-likeness (QED) is 0.529. The van der Waals surface area contributed by atoms with Crippen molar-refractivity contribution in [3.63, 3.8) is 0 Å². The molecular weight excluding hydrogens is 512 g/mol. The number of anilines is 1. The number of benzene rings is 2. The maximum atomic E-state index is 14.8. The first-order valence-electron chi connectivity index (χ1n) is 13.0. The zero-order valence-corrected chi connectivity index (χ0v) is 22.5. The van der Waals surface area contributed by atoms with Gasteiger partial charge in [0.25, 0.3) is 0 Å². The Morgan fingerprint density at radius 3 is 2.38 bits per heavy atom. The Kier molecular flexibility index (Phi) is 9.11. The van der Waals surface area contributed by atoms with Gasteiger partial charge in [0.15, 0.2) is 11.6 Å². The zero-order valence-electron chi connectivity index (χ0n) is 22.5. The van der Waals surface area contributed by atoms with E-state index < -0.39 is 35.5 Å². The Morgan fingerprint density at radius 2 is 1.69 bits per heavy atom. The number of piperazine rings is 1. The fraction of sp³-hybridized carbons (Fsp3) is 0.500. The van der Waals surface area contributed by atoms with Crippen molar-refractivity contribution in [1.82, 2.24) is 9.80 Å². The molecule has 2 aliphatic heterocycles. The molecule has 2 fully saturated rings. The summed E-state index contributed by atoms with van der Waals surface area (Å²) in [5.41, 5.74) is 0.397. The van der Waals surface area contributed by atoms with E-state index in [1.54, 1.807) is 30.6 Å². The smallest absolute Gasteiger partial charge is 0.410 e. The molecule has 2 heterocycles. The summed E-state index contributed by atoms with van der Waals surface area (Å²) in [6.45, 7) is 7.66. The Hall–Kier alpha value is -3.60. The molecule has 212 valence electrons. The molecular formula is C28H35F2N3O6. The highest BCUT2D eigenvalue weighted by atomic mass is 19.1. The first-order valence-corrected chi connectivity index (χ1v) is 13.0. The van der Waals surface area contributed by atoms with Crippen molar-refractivity contribution in [3.8, 4) is 5.75 Å². The van der Waals surface area contributed by atoms with Crippen molar-refractivity contribution >= 4 is 17.9 Å². The average molecular weight is 548 g/mol. The Balaban J connectivity index is 1.34. The van der Waals surface area contributed by atoms with Gasteiger partial charge in [0, 0.05) is 44.9 Å². The van der Waals surface area contributed by atoms with Gasteiger partial charge in [0.2, 0.25) is 0 Å². The Bertz CT molecular complexity index is 1140. The van der Waals surface area contributed by atoms with E-state index in [2.05, 4.69) is 0 Å². The number of carbonyl (C=O) groups excluding carboxylic acids is 2. The lowest BCUT2D eigenvalue weighted by Gasteiger charge is -2.36. The van der Waals surface area contributed by atoms with Crippen LogP contribution in [0.1, 0.15) is 26.3 Å². The van der Waals surface area contributed by atoms with E-state index in [-0.39, 0.29) is 31.3 Å². The molecule has 9 nitrogen and oxygen atoms in total. The lowest BCUT2D eigenvalue weighted by molar-refractivity contribution is -0.0420. The minimum absolute atomic E-state index is 0.0533. The number of morpholine rings is 1. The molecule has 0 aliphatic carbocycles. The zero-order chi connectivity index (χ0) is 28.0. The number of rotatable bonds is 6. The highest BCUT2D eigenvalue weighted by Gasteiger charge is 2.32. The van der Waals surface area contributed by atoms with Crippen molar-refractivity contribution < 1.29 is 37.3 Å². The lowest BCUT2D eigenvalue weighted by Crippen LogP contribution is -2.52. The molecule has 0 N–H and O–H groups in total. The third-order valence-electron chi connectivity index (χ3n) is 6.37. The molecule has 11 heteroatoms. The van der Waals surface area contributed by atoms with Gasteiger partial charge < -0.3 is 28.7 Å². The van der Waals surface area contributed by atoms with E-state index in [1.807, 2.05) is 30.3 Å². The van der Waals surface area contributed by atoms with E-state index in [0.717, 1.165) is 11.6 Å². The molecule has 0 spiro atoms. The van der Waals surface area contributed by atoms with E-state index in [1.165, 1.54) is 11.0 Å². The standard InChI is InChI=1S/C28H35F2N3O6/c1-28(2,3)39-27(35)33-13-14-36-18-21(33)19-37-25-16-24(22(29)15-23(25)30)31-9-11-32(12-10-31)26(34)38-17-20-7-5-4-6-8-20/h4-8,15-16,21H,9-14,17-19H2,1-3H3. The fourth-order valence-corrected chi connectivity index (χ4v) is 4.35. The normalized spacial score (nSPS) is 18.1. The second-order valence-electron chi connectivity index (χ2n) is 10.5. The van der Waals surface area contributed by atoms with Gasteiger partial charge in [-0.25, -0.2) is 18.4 Å². The van der Waals surface area contributed by atoms with Gasteiger partial charge in [-0.1, -0.05) is 30.3 Å². The first kappa shape index (κ1) is 28.4. The van der Waals surface area contributed by atoms with Crippen molar-refractivity contribution in [2.45, 2.75) is 39.0 Å². The van der Waals surface area contributed by atoms with Crippen LogP contribution in [0.25, 0.3) is 0 Å². The topological polar surface area (TPSA) is 80.8 Å². The molecule has 1 unspecified atom stereocenters. The summed E-state index contributed by atoms with van der Waals surface area (Å²) in [7, 11) is 0. The van der Waals surface area contributed by atoms with Crippen molar-refractivity contribution in [2.24, 2.45) is 0 Å². The first-order chi connectivity index (χ1) is 18.6. The molecule has 2 saturated heterocycles. The highest BCUT2D eigenvalue weighted by Crippen LogP contribution is 2.30. The second kappa shape index (κ2) is 12.5. The largest absolute Gasteiger partial charge is 0.488 e. The molecule has 4 rings (SSSR count). The second-order valence-corrected chi connectivity index (χ2v) is 10.5. The molecule has 0 radical (unpaired) electrons. The van der Waals surface area contributed by atoms with Gasteiger partial charge in [-0.2, -0.15) is 0 Å². The van der Waals surface area contributed by atoms with Gasteiger partial charge >= 0.3 is 12.2 Å². The molecule has 0 saturated carbocycles. The van der Waals surface area contributed by atoms with Crippen molar-refractivity contribution in [3.05, 3.63) is 59.7 Å². The number of nitrogens with zero attached hydrogens (tertiary/aromatic N) is 3. The molecule has 0 bridgehead atoms. The third kappa shape index (κ3) is 7.72. The number of hydrogen-bond donors (Lipinski definition) is 0. The average Bonchev–Trinajstić information content (AvgIpc) is 2.91. The molecule has 2 aliphatic rings. The molecule has 2 amide bonds. The van der Waals surface area contributed by atoms with Crippen LogP contribution in [0.4, 0.5) is 24.1 Å². The Morgan fingerprint density at radius 1 is 0.974 bits per heavy atom. The van der Waals surface area contributed by atoms with Crippen molar-refractivity contribution in [2.75, 3.05) is 57.4 Å². The summed E-state index contributed by atoms with van der Waals surface area (Å²) in [6, 6.07) is 11.0. The summed E-state index contributed by atoms with van der Waals surface area (Å²) in [4.78, 5) is 29.9. The highest BCUT2D eigenvalue weighted by molar-refractivity contribution is 5.69. The maximum absolute atomic E-state index is 14.8. The summed E-state index contributed by atoms with van der Waals surface area (Å²) >= 11 is 0. The fourth-order valence-electron chi connectivity index (χ4n) is 4.35. The minimum atomic E-state index is -0.847. The van der Waals surface area contributed by atoms with Gasteiger partial charge in [-0.05, 0) is 26.3 Å². The monoisotopic (exact) mass is 547 g/mol. The van der Waals surface area contributed by atoms with Crippen molar-refractivity contribution in [1.29, 1.82) is 0 Å². The molecule has 39 heavy (non-hydrogen) atoms. The van der Waals surface area contributed by atoms with Crippen LogP contribution in [-0.2, 0) is 20.8 Å². The van der Waals surface area contributed by atoms with Crippen LogP contribution in [-0.4, -0.2) is 86.2 Å². The van der Waals surface area contributed by atoms with Crippen LogP contribution >= 0.6 is 0 Å². The van der Waals surface area contributed by atoms with E-state index in [4.69, 9.17) is 18.9 Å². The Labute approximate surface area is 227 Å². The number of halogens is 2. The number of carbonyl (C=O) groups is 2. The number of hydrogen-bond acceptors (Lipinski definition) is 7. The predicted octanol–water partition coefficient (Wildman–Crippen LogP) is 4.44. The van der Waals surface area contributed by atoms with E-state index >= 15 is 0 Å².